The number of hydrogen-bond acceptors (Lipinski definition) is 2. The molecular formula is C5H13O6P. The fraction of sp³-hybridized carbons (Fsp3) is 0.200. The van der Waals surface area contributed by atoms with Crippen LogP contribution in [0.3, 0.4) is 0 Å². The van der Waals surface area contributed by atoms with Crippen LogP contribution < -0.4 is 0 Å². The van der Waals surface area contributed by atoms with E-state index in [1.54, 1.807) is 6.08 Å². The Kier molecular flexibility index (Phi) is 15.0. The quantitative estimate of drug-likeness (QED) is 0.247. The molecule has 0 fully saturated rings. The summed E-state index contributed by atoms with van der Waals surface area (Å²) in [5, 5.41) is 0. The van der Waals surface area contributed by atoms with E-state index in [4.69, 9.17) is 19.2 Å². The lowest BCUT2D eigenvalue weighted by Crippen LogP contribution is -1.75. The lowest BCUT2D eigenvalue weighted by molar-refractivity contribution is 0.275. The van der Waals surface area contributed by atoms with Gasteiger partial charge in [0.2, 0.25) is 0 Å². The first-order chi connectivity index (χ1) is 4.91. The molecule has 0 aliphatic carbocycles. The van der Waals surface area contributed by atoms with Gasteiger partial charge in [-0.25, -0.2) is 4.57 Å². The molecule has 0 aliphatic rings. The van der Waals surface area contributed by atoms with Gasteiger partial charge in [-0.3, -0.25) is 0 Å². The first-order valence-electron chi connectivity index (χ1n) is 2.53. The van der Waals surface area contributed by atoms with Gasteiger partial charge in [-0.15, -0.1) is 0 Å². The molecule has 12 heavy (non-hydrogen) atoms. The van der Waals surface area contributed by atoms with Crippen LogP contribution >= 0.6 is 7.82 Å². The van der Waals surface area contributed by atoms with E-state index >= 15 is 0 Å². The fourth-order valence-corrected chi connectivity index (χ4v) is 0.136. The van der Waals surface area contributed by atoms with E-state index in [9.17, 15) is 0 Å². The maximum Gasteiger partial charge on any atom is 0.466 e. The van der Waals surface area contributed by atoms with Crippen LogP contribution in [0.25, 0.3) is 0 Å². The molecule has 6 nitrogen and oxygen atoms in total. The lowest BCUT2D eigenvalue weighted by Gasteiger charge is -1.86. The number of phosphoric acid groups is 1. The normalized spacial score (nSPS) is 8.25. The molecule has 5 N–H and O–H groups in total. The largest absolute Gasteiger partial charge is 0.498 e. The van der Waals surface area contributed by atoms with Crippen LogP contribution in [-0.4, -0.2) is 26.8 Å². The van der Waals surface area contributed by atoms with Crippen LogP contribution in [0.1, 0.15) is 0 Å². The van der Waals surface area contributed by atoms with Crippen LogP contribution in [0.5, 0.6) is 0 Å². The maximum atomic E-state index is 8.88. The van der Waals surface area contributed by atoms with Crippen LogP contribution in [0.15, 0.2) is 25.5 Å². The Bertz CT molecular complexity index is 134. The summed E-state index contributed by atoms with van der Waals surface area (Å²) in [6, 6.07) is 0. The van der Waals surface area contributed by atoms with Crippen LogP contribution in [0, 0.1) is 0 Å². The molecule has 0 unspecified atom stereocenters. The Balaban J connectivity index is -0.000000126. The predicted octanol–water partition coefficient (Wildman–Crippen LogP) is -0.421. The van der Waals surface area contributed by atoms with Gasteiger partial charge in [0.05, 0.1) is 6.26 Å². The van der Waals surface area contributed by atoms with Crippen LogP contribution in [0.2, 0.25) is 0 Å². The van der Waals surface area contributed by atoms with E-state index in [1.165, 1.54) is 6.26 Å². The summed E-state index contributed by atoms with van der Waals surface area (Å²) in [7, 11) is -4.64. The van der Waals surface area contributed by atoms with Crippen LogP contribution in [0.4, 0.5) is 0 Å². The lowest BCUT2D eigenvalue weighted by atomic mass is 10.7. The smallest absolute Gasteiger partial charge is 0.466 e. The standard InChI is InChI=1S/C5H8O.H3O4P.H2O/c1-3-5-6-4-2;1-5(2,3)4;/h3-4H,1-2,5H2;(H3,1,2,3,4);1H2. The molecule has 0 aliphatic heterocycles. The highest BCUT2D eigenvalue weighted by atomic mass is 31.2. The summed E-state index contributed by atoms with van der Waals surface area (Å²) in [6.45, 7) is 7.31. The average molecular weight is 200 g/mol. The first-order valence-corrected chi connectivity index (χ1v) is 4.10. The Labute approximate surface area is 70.4 Å². The molecule has 0 saturated heterocycles. The third-order valence-electron chi connectivity index (χ3n) is 0.332. The zero-order valence-electron chi connectivity index (χ0n) is 6.38. The number of ether oxygens (including phenoxy) is 1. The second-order valence-electron chi connectivity index (χ2n) is 1.30. The Hall–Kier alpha value is -0.650. The molecule has 0 radical (unpaired) electrons. The van der Waals surface area contributed by atoms with Gasteiger partial charge < -0.3 is 24.9 Å². The molecule has 0 saturated carbocycles. The molecule has 0 aromatic heterocycles. The van der Waals surface area contributed by atoms with Gasteiger partial charge in [0.1, 0.15) is 6.61 Å². The Morgan fingerprint density at radius 2 is 1.67 bits per heavy atom. The zero-order chi connectivity index (χ0) is 9.33. The summed E-state index contributed by atoms with van der Waals surface area (Å²) in [6.07, 6.45) is 3.06. The SMILES string of the molecule is C=CCOC=C.O.O=P(O)(O)O. The first kappa shape index (κ1) is 17.4. The maximum absolute atomic E-state index is 8.88. The van der Waals surface area contributed by atoms with Crippen molar-refractivity contribution in [2.24, 2.45) is 0 Å². The predicted molar refractivity (Wildman–Crippen MR) is 44.2 cm³/mol. The minimum Gasteiger partial charge on any atom is -0.498 e. The summed E-state index contributed by atoms with van der Waals surface area (Å²) in [5.74, 6) is 0. The summed E-state index contributed by atoms with van der Waals surface area (Å²) < 4.78 is 13.5. The van der Waals surface area contributed by atoms with E-state index in [-0.39, 0.29) is 5.48 Å². The van der Waals surface area contributed by atoms with Crippen molar-refractivity contribution in [1.29, 1.82) is 0 Å². The number of hydrogen-bond donors (Lipinski definition) is 3. The van der Waals surface area contributed by atoms with E-state index < -0.39 is 7.82 Å². The zero-order valence-corrected chi connectivity index (χ0v) is 7.28. The van der Waals surface area contributed by atoms with E-state index in [0.717, 1.165) is 0 Å². The molecular weight excluding hydrogens is 187 g/mol. The highest BCUT2D eigenvalue weighted by Gasteiger charge is 2.00. The highest BCUT2D eigenvalue weighted by Crippen LogP contribution is 2.25. The minimum absolute atomic E-state index is 0. The molecule has 0 aromatic carbocycles. The third-order valence-corrected chi connectivity index (χ3v) is 0.332. The van der Waals surface area contributed by atoms with Crippen molar-refractivity contribution < 1.29 is 29.5 Å². The third kappa shape index (κ3) is 118. The van der Waals surface area contributed by atoms with Gasteiger partial charge in [0, 0.05) is 0 Å². The van der Waals surface area contributed by atoms with Crippen molar-refractivity contribution in [3.63, 3.8) is 0 Å². The van der Waals surface area contributed by atoms with Crippen molar-refractivity contribution >= 4 is 7.82 Å². The van der Waals surface area contributed by atoms with Crippen molar-refractivity contribution in [2.45, 2.75) is 0 Å². The highest BCUT2D eigenvalue weighted by molar-refractivity contribution is 7.45. The van der Waals surface area contributed by atoms with Gasteiger partial charge in [0.15, 0.2) is 0 Å². The molecule has 0 rings (SSSR count). The van der Waals surface area contributed by atoms with Crippen molar-refractivity contribution in [3.8, 4) is 0 Å². The molecule has 0 aromatic rings. The van der Waals surface area contributed by atoms with Gasteiger partial charge in [0.25, 0.3) is 0 Å². The second-order valence-corrected chi connectivity index (χ2v) is 2.33. The van der Waals surface area contributed by atoms with Gasteiger partial charge in [-0.2, -0.15) is 0 Å². The molecule has 0 atom stereocenters. The summed E-state index contributed by atoms with van der Waals surface area (Å²) in [4.78, 5) is 21.6. The summed E-state index contributed by atoms with van der Waals surface area (Å²) in [5.41, 5.74) is 0. The second kappa shape index (κ2) is 10.3. The molecule has 0 bridgehead atoms. The molecule has 74 valence electrons. The van der Waals surface area contributed by atoms with E-state index in [1.807, 2.05) is 0 Å². The van der Waals surface area contributed by atoms with E-state index in [2.05, 4.69) is 17.9 Å². The van der Waals surface area contributed by atoms with Gasteiger partial charge >= 0.3 is 7.82 Å². The van der Waals surface area contributed by atoms with Gasteiger partial charge in [-0.05, 0) is 0 Å². The van der Waals surface area contributed by atoms with E-state index in [0.29, 0.717) is 6.61 Å². The average Bonchev–Trinajstić information content (AvgIpc) is 1.79. The minimum atomic E-state index is -4.64. The monoisotopic (exact) mass is 200 g/mol. The van der Waals surface area contributed by atoms with Gasteiger partial charge in [-0.1, -0.05) is 19.2 Å². The Morgan fingerprint density at radius 1 is 1.33 bits per heavy atom. The fourth-order valence-electron chi connectivity index (χ4n) is 0.136. The molecule has 7 heteroatoms. The van der Waals surface area contributed by atoms with Crippen LogP contribution in [-0.2, 0) is 9.30 Å². The van der Waals surface area contributed by atoms with Crippen molar-refractivity contribution in [2.75, 3.05) is 6.61 Å². The molecule has 0 amide bonds. The topological polar surface area (TPSA) is 118 Å². The number of rotatable bonds is 3. The Morgan fingerprint density at radius 3 is 1.75 bits per heavy atom. The van der Waals surface area contributed by atoms with Crippen molar-refractivity contribution in [1.82, 2.24) is 0 Å². The summed E-state index contributed by atoms with van der Waals surface area (Å²) >= 11 is 0. The molecule has 0 spiro atoms. The van der Waals surface area contributed by atoms with Crippen molar-refractivity contribution in [3.05, 3.63) is 25.5 Å². The molecule has 0 heterocycles.